The zero-order valence-corrected chi connectivity index (χ0v) is 15.4. The van der Waals surface area contributed by atoms with Crippen molar-refractivity contribution in [2.45, 2.75) is 84.1 Å². The Morgan fingerprint density at radius 1 is 0.792 bits per heavy atom. The van der Waals surface area contributed by atoms with Crippen molar-refractivity contribution < 1.29 is 0 Å². The Labute approximate surface area is 148 Å². The highest BCUT2D eigenvalue weighted by atomic mass is 15.1. The average Bonchev–Trinajstić information content (AvgIpc) is 3.04. The van der Waals surface area contributed by atoms with E-state index in [0.29, 0.717) is 0 Å². The summed E-state index contributed by atoms with van der Waals surface area (Å²) in [4.78, 5) is 4.54. The Morgan fingerprint density at radius 2 is 1.42 bits per heavy atom. The van der Waals surface area contributed by atoms with Gasteiger partial charge in [0.2, 0.25) is 0 Å². The summed E-state index contributed by atoms with van der Waals surface area (Å²) in [7, 11) is 0. The molecule has 132 valence electrons. The van der Waals surface area contributed by atoms with Crippen LogP contribution in [0.1, 0.15) is 82.5 Å². The number of hydrogen-bond donors (Lipinski definition) is 0. The van der Waals surface area contributed by atoms with Gasteiger partial charge in [0, 0.05) is 25.4 Å². The van der Waals surface area contributed by atoms with Gasteiger partial charge in [-0.1, -0.05) is 95.0 Å². The second-order valence-electron chi connectivity index (χ2n) is 6.88. The van der Waals surface area contributed by atoms with Crippen LogP contribution in [-0.4, -0.2) is 9.55 Å². The highest BCUT2D eigenvalue weighted by Gasteiger charge is 2.03. The van der Waals surface area contributed by atoms with Crippen molar-refractivity contribution in [2.24, 2.45) is 0 Å². The highest BCUT2D eigenvalue weighted by Crippen LogP contribution is 2.12. The van der Waals surface area contributed by atoms with Crippen LogP contribution in [0.3, 0.4) is 0 Å². The van der Waals surface area contributed by atoms with Crippen molar-refractivity contribution in [1.29, 1.82) is 0 Å². The molecule has 0 aliphatic carbocycles. The minimum absolute atomic E-state index is 0.936. The third-order valence-electron chi connectivity index (χ3n) is 4.76. The molecule has 0 amide bonds. The molecule has 2 heteroatoms. The molecule has 0 unspecified atom stereocenters. The van der Waals surface area contributed by atoms with E-state index in [1.54, 1.807) is 0 Å². The molecule has 0 atom stereocenters. The predicted octanol–water partition coefficient (Wildman–Crippen LogP) is 6.39. The van der Waals surface area contributed by atoms with E-state index in [-0.39, 0.29) is 0 Å². The van der Waals surface area contributed by atoms with Crippen LogP contribution >= 0.6 is 0 Å². The first-order valence-electron chi connectivity index (χ1n) is 9.94. The van der Waals surface area contributed by atoms with E-state index >= 15 is 0 Å². The van der Waals surface area contributed by atoms with Gasteiger partial charge in [-0.05, 0) is 12.0 Å². The average molecular weight is 327 g/mol. The van der Waals surface area contributed by atoms with Crippen LogP contribution in [0.15, 0.2) is 42.7 Å². The molecule has 0 fully saturated rings. The lowest BCUT2D eigenvalue weighted by Crippen LogP contribution is -2.04. The summed E-state index contributed by atoms with van der Waals surface area (Å²) in [6.45, 7) is 3.39. The van der Waals surface area contributed by atoms with Crippen LogP contribution in [0.4, 0.5) is 0 Å². The molecule has 2 nitrogen and oxygen atoms in total. The molecule has 0 spiro atoms. The van der Waals surface area contributed by atoms with Gasteiger partial charge in [0.05, 0.1) is 0 Å². The molecule has 24 heavy (non-hydrogen) atoms. The normalized spacial score (nSPS) is 11.0. The van der Waals surface area contributed by atoms with Crippen LogP contribution in [0.5, 0.6) is 0 Å². The van der Waals surface area contributed by atoms with Gasteiger partial charge in [0.1, 0.15) is 5.82 Å². The monoisotopic (exact) mass is 326 g/mol. The molecule has 0 aliphatic rings. The number of benzene rings is 1. The third-order valence-corrected chi connectivity index (χ3v) is 4.76. The Morgan fingerprint density at radius 3 is 2.08 bits per heavy atom. The minimum atomic E-state index is 0.936. The topological polar surface area (TPSA) is 17.8 Å². The molecule has 0 bridgehead atoms. The maximum atomic E-state index is 4.54. The molecular weight excluding hydrogens is 292 g/mol. The highest BCUT2D eigenvalue weighted by molar-refractivity contribution is 5.19. The first-order chi connectivity index (χ1) is 11.9. The van der Waals surface area contributed by atoms with Crippen LogP contribution in [0.25, 0.3) is 0 Å². The van der Waals surface area contributed by atoms with Gasteiger partial charge < -0.3 is 4.57 Å². The standard InChI is InChI=1S/C22H34N2/c1-2-3-4-5-6-7-8-9-10-14-18-24-19-17-23-22(24)20-21-15-12-11-13-16-21/h11-13,15-17,19H,2-10,14,18,20H2,1H3. The summed E-state index contributed by atoms with van der Waals surface area (Å²) >= 11 is 0. The van der Waals surface area contributed by atoms with E-state index < -0.39 is 0 Å². The lowest BCUT2D eigenvalue weighted by atomic mass is 10.1. The molecule has 2 aromatic rings. The lowest BCUT2D eigenvalue weighted by Gasteiger charge is -2.08. The smallest absolute Gasteiger partial charge is 0.113 e. The Hall–Kier alpha value is -1.57. The van der Waals surface area contributed by atoms with Gasteiger partial charge in [-0.15, -0.1) is 0 Å². The van der Waals surface area contributed by atoms with E-state index in [2.05, 4.69) is 53.0 Å². The third kappa shape index (κ3) is 7.33. The number of aromatic nitrogens is 2. The van der Waals surface area contributed by atoms with E-state index in [1.807, 2.05) is 6.20 Å². The molecule has 2 rings (SSSR count). The number of unbranched alkanes of at least 4 members (excludes halogenated alkanes) is 9. The van der Waals surface area contributed by atoms with Crippen LogP contribution in [0.2, 0.25) is 0 Å². The van der Waals surface area contributed by atoms with Crippen molar-refractivity contribution in [1.82, 2.24) is 9.55 Å². The van der Waals surface area contributed by atoms with Gasteiger partial charge in [-0.2, -0.15) is 0 Å². The first-order valence-corrected chi connectivity index (χ1v) is 9.94. The first kappa shape index (κ1) is 18.8. The summed E-state index contributed by atoms with van der Waals surface area (Å²) in [6.07, 6.45) is 18.9. The number of imidazole rings is 1. The molecular formula is C22H34N2. The summed E-state index contributed by atoms with van der Waals surface area (Å²) in [5, 5.41) is 0. The van der Waals surface area contributed by atoms with Crippen molar-refractivity contribution in [3.05, 3.63) is 54.1 Å². The van der Waals surface area contributed by atoms with Crippen LogP contribution < -0.4 is 0 Å². The fraction of sp³-hybridized carbons (Fsp3) is 0.591. The van der Waals surface area contributed by atoms with Crippen molar-refractivity contribution in [3.63, 3.8) is 0 Å². The van der Waals surface area contributed by atoms with Crippen molar-refractivity contribution in [3.8, 4) is 0 Å². The molecule has 1 aromatic carbocycles. The van der Waals surface area contributed by atoms with E-state index in [4.69, 9.17) is 0 Å². The number of hydrogen-bond acceptors (Lipinski definition) is 1. The maximum Gasteiger partial charge on any atom is 0.113 e. The van der Waals surface area contributed by atoms with Gasteiger partial charge in [0.25, 0.3) is 0 Å². The summed E-state index contributed by atoms with van der Waals surface area (Å²) in [5.41, 5.74) is 1.34. The molecule has 0 aliphatic heterocycles. The van der Waals surface area contributed by atoms with E-state index in [1.165, 1.54) is 75.6 Å². The van der Waals surface area contributed by atoms with Crippen LogP contribution in [0, 0.1) is 0 Å². The molecule has 0 radical (unpaired) electrons. The Bertz CT molecular complexity index is 530. The zero-order valence-electron chi connectivity index (χ0n) is 15.4. The number of aryl methyl sites for hydroxylation is 1. The second-order valence-corrected chi connectivity index (χ2v) is 6.88. The van der Waals surface area contributed by atoms with E-state index in [9.17, 15) is 0 Å². The molecule has 0 saturated heterocycles. The largest absolute Gasteiger partial charge is 0.335 e. The Balaban J connectivity index is 1.56. The number of rotatable bonds is 13. The fourth-order valence-corrected chi connectivity index (χ4v) is 3.26. The van der Waals surface area contributed by atoms with E-state index in [0.717, 1.165) is 13.0 Å². The Kier molecular flexibility index (Phi) is 9.29. The van der Waals surface area contributed by atoms with Crippen molar-refractivity contribution >= 4 is 0 Å². The van der Waals surface area contributed by atoms with Gasteiger partial charge in [-0.25, -0.2) is 4.98 Å². The predicted molar refractivity (Wildman–Crippen MR) is 103 cm³/mol. The second kappa shape index (κ2) is 11.9. The SMILES string of the molecule is CCCCCCCCCCCCn1ccnc1Cc1ccccc1. The van der Waals surface area contributed by atoms with Gasteiger partial charge >= 0.3 is 0 Å². The van der Waals surface area contributed by atoms with Gasteiger partial charge in [0.15, 0.2) is 0 Å². The quantitative estimate of drug-likeness (QED) is 0.390. The fourth-order valence-electron chi connectivity index (χ4n) is 3.26. The summed E-state index contributed by atoms with van der Waals surface area (Å²) < 4.78 is 2.33. The summed E-state index contributed by atoms with van der Waals surface area (Å²) in [6, 6.07) is 10.6. The van der Waals surface area contributed by atoms with Gasteiger partial charge in [-0.3, -0.25) is 0 Å². The maximum absolute atomic E-state index is 4.54. The van der Waals surface area contributed by atoms with Crippen molar-refractivity contribution in [2.75, 3.05) is 0 Å². The zero-order chi connectivity index (χ0) is 16.9. The summed E-state index contributed by atoms with van der Waals surface area (Å²) in [5.74, 6) is 1.19. The molecule has 0 N–H and O–H groups in total. The molecule has 1 heterocycles. The molecule has 0 saturated carbocycles. The van der Waals surface area contributed by atoms with Crippen LogP contribution in [-0.2, 0) is 13.0 Å². The lowest BCUT2D eigenvalue weighted by molar-refractivity contribution is 0.529. The number of nitrogens with zero attached hydrogens (tertiary/aromatic N) is 2. The minimum Gasteiger partial charge on any atom is -0.335 e. The molecule has 1 aromatic heterocycles.